The minimum Gasteiger partial charge on any atom is -0.0654 e. The van der Waals surface area contributed by atoms with E-state index < -0.39 is 0 Å². The van der Waals surface area contributed by atoms with Crippen molar-refractivity contribution in [1.29, 1.82) is 0 Å². The summed E-state index contributed by atoms with van der Waals surface area (Å²) in [5.41, 5.74) is 0. The van der Waals surface area contributed by atoms with Gasteiger partial charge in [0.1, 0.15) is 0 Å². The van der Waals surface area contributed by atoms with Crippen LogP contribution in [0.3, 0.4) is 0 Å². The lowest BCUT2D eigenvalue weighted by Crippen LogP contribution is -2.42. The van der Waals surface area contributed by atoms with Gasteiger partial charge in [0.15, 0.2) is 0 Å². The van der Waals surface area contributed by atoms with Gasteiger partial charge >= 0.3 is 0 Å². The van der Waals surface area contributed by atoms with Crippen molar-refractivity contribution in [3.63, 3.8) is 0 Å². The SMILES string of the molecule is CCCC(C)C1C(C)CC1C(C)C. The largest absolute Gasteiger partial charge is 0.0654 e. The van der Waals surface area contributed by atoms with E-state index in [-0.39, 0.29) is 0 Å². The Morgan fingerprint density at radius 1 is 1.23 bits per heavy atom. The minimum absolute atomic E-state index is 0.903. The van der Waals surface area contributed by atoms with Crippen molar-refractivity contribution in [2.45, 2.75) is 53.9 Å². The maximum atomic E-state index is 2.46. The first-order valence-corrected chi connectivity index (χ1v) is 6.07. The van der Waals surface area contributed by atoms with E-state index in [1.165, 1.54) is 19.3 Å². The summed E-state index contributed by atoms with van der Waals surface area (Å²) in [6.07, 6.45) is 4.27. The Labute approximate surface area is 84.1 Å². The number of rotatable bonds is 4. The van der Waals surface area contributed by atoms with Crippen LogP contribution in [0.25, 0.3) is 0 Å². The van der Waals surface area contributed by atoms with Crippen LogP contribution in [0.1, 0.15) is 53.9 Å². The maximum Gasteiger partial charge on any atom is -0.0332 e. The van der Waals surface area contributed by atoms with E-state index in [0.29, 0.717) is 0 Å². The molecule has 1 rings (SSSR count). The first kappa shape index (κ1) is 11.1. The van der Waals surface area contributed by atoms with Crippen molar-refractivity contribution in [2.24, 2.45) is 29.6 Å². The van der Waals surface area contributed by atoms with Crippen LogP contribution in [0.4, 0.5) is 0 Å². The predicted octanol–water partition coefficient (Wildman–Crippen LogP) is 4.35. The second kappa shape index (κ2) is 4.48. The maximum absolute atomic E-state index is 2.46. The first-order valence-electron chi connectivity index (χ1n) is 6.07. The Morgan fingerprint density at radius 3 is 2.23 bits per heavy atom. The molecule has 4 unspecified atom stereocenters. The van der Waals surface area contributed by atoms with Crippen molar-refractivity contribution >= 4 is 0 Å². The van der Waals surface area contributed by atoms with Crippen LogP contribution in [0.2, 0.25) is 0 Å². The van der Waals surface area contributed by atoms with Crippen LogP contribution >= 0.6 is 0 Å². The first-order chi connectivity index (χ1) is 6.07. The van der Waals surface area contributed by atoms with Gasteiger partial charge in [-0.15, -0.1) is 0 Å². The van der Waals surface area contributed by atoms with Crippen molar-refractivity contribution < 1.29 is 0 Å². The van der Waals surface area contributed by atoms with Gasteiger partial charge in [0.25, 0.3) is 0 Å². The Kier molecular flexibility index (Phi) is 3.82. The Balaban J connectivity index is 2.46. The minimum atomic E-state index is 0.903. The van der Waals surface area contributed by atoms with Crippen LogP contribution in [-0.4, -0.2) is 0 Å². The van der Waals surface area contributed by atoms with Gasteiger partial charge in [-0.05, 0) is 36.0 Å². The second-order valence-corrected chi connectivity index (χ2v) is 5.46. The molecule has 1 aliphatic carbocycles. The van der Waals surface area contributed by atoms with Gasteiger partial charge in [-0.2, -0.15) is 0 Å². The summed E-state index contributed by atoms with van der Waals surface area (Å²) in [5, 5.41) is 0. The summed E-state index contributed by atoms with van der Waals surface area (Å²) in [5.74, 6) is 4.91. The average Bonchev–Trinajstić information content (AvgIpc) is 1.99. The molecule has 0 aromatic carbocycles. The molecule has 0 spiro atoms. The van der Waals surface area contributed by atoms with Crippen LogP contribution < -0.4 is 0 Å². The summed E-state index contributed by atoms with van der Waals surface area (Å²) < 4.78 is 0. The zero-order chi connectivity index (χ0) is 10.0. The lowest BCUT2D eigenvalue weighted by Gasteiger charge is -2.49. The quantitative estimate of drug-likeness (QED) is 0.606. The van der Waals surface area contributed by atoms with Crippen LogP contribution in [0.15, 0.2) is 0 Å². The molecule has 4 atom stereocenters. The smallest absolute Gasteiger partial charge is 0.0332 e. The third-order valence-electron chi connectivity index (χ3n) is 4.05. The van der Waals surface area contributed by atoms with Gasteiger partial charge in [-0.3, -0.25) is 0 Å². The van der Waals surface area contributed by atoms with E-state index >= 15 is 0 Å². The topological polar surface area (TPSA) is 0 Å². The van der Waals surface area contributed by atoms with Crippen LogP contribution in [0, 0.1) is 29.6 Å². The van der Waals surface area contributed by atoms with Gasteiger partial charge < -0.3 is 0 Å². The molecular weight excluding hydrogens is 156 g/mol. The van der Waals surface area contributed by atoms with Crippen molar-refractivity contribution in [1.82, 2.24) is 0 Å². The van der Waals surface area contributed by atoms with Crippen LogP contribution in [-0.2, 0) is 0 Å². The van der Waals surface area contributed by atoms with Crippen molar-refractivity contribution in [3.8, 4) is 0 Å². The third-order valence-corrected chi connectivity index (χ3v) is 4.05. The van der Waals surface area contributed by atoms with Gasteiger partial charge in [0.2, 0.25) is 0 Å². The van der Waals surface area contributed by atoms with Crippen LogP contribution in [0.5, 0.6) is 0 Å². The molecule has 0 aliphatic heterocycles. The Morgan fingerprint density at radius 2 is 1.85 bits per heavy atom. The highest BCUT2D eigenvalue weighted by atomic mass is 14.5. The van der Waals surface area contributed by atoms with Gasteiger partial charge in [-0.1, -0.05) is 47.5 Å². The van der Waals surface area contributed by atoms with E-state index in [4.69, 9.17) is 0 Å². The van der Waals surface area contributed by atoms with Crippen molar-refractivity contribution in [2.75, 3.05) is 0 Å². The van der Waals surface area contributed by atoms with E-state index in [1.807, 2.05) is 0 Å². The van der Waals surface area contributed by atoms with Crippen molar-refractivity contribution in [3.05, 3.63) is 0 Å². The van der Waals surface area contributed by atoms with E-state index in [1.54, 1.807) is 0 Å². The molecular formula is C13H26. The number of hydrogen-bond acceptors (Lipinski definition) is 0. The zero-order valence-corrected chi connectivity index (χ0v) is 10.0. The summed E-state index contributed by atoms with van der Waals surface area (Å²) >= 11 is 0. The Hall–Kier alpha value is 0. The molecule has 0 saturated heterocycles. The fraction of sp³-hybridized carbons (Fsp3) is 1.00. The summed E-state index contributed by atoms with van der Waals surface area (Å²) in [4.78, 5) is 0. The molecule has 1 saturated carbocycles. The Bertz CT molecular complexity index is 148. The highest BCUT2D eigenvalue weighted by Crippen LogP contribution is 2.49. The molecule has 0 heterocycles. The molecule has 0 radical (unpaired) electrons. The highest BCUT2D eigenvalue weighted by molar-refractivity contribution is 4.90. The summed E-state index contributed by atoms with van der Waals surface area (Å²) in [7, 11) is 0. The number of hydrogen-bond donors (Lipinski definition) is 0. The van der Waals surface area contributed by atoms with E-state index in [9.17, 15) is 0 Å². The fourth-order valence-corrected chi connectivity index (χ4v) is 3.32. The van der Waals surface area contributed by atoms with E-state index in [0.717, 1.165) is 29.6 Å². The molecule has 78 valence electrons. The molecule has 1 aliphatic rings. The van der Waals surface area contributed by atoms with Gasteiger partial charge in [0.05, 0.1) is 0 Å². The fourth-order valence-electron chi connectivity index (χ4n) is 3.32. The molecule has 0 nitrogen and oxygen atoms in total. The zero-order valence-electron chi connectivity index (χ0n) is 10.0. The van der Waals surface area contributed by atoms with Gasteiger partial charge in [-0.25, -0.2) is 0 Å². The molecule has 0 heteroatoms. The molecule has 0 amide bonds. The highest BCUT2D eigenvalue weighted by Gasteiger charge is 2.41. The summed E-state index contributed by atoms with van der Waals surface area (Å²) in [6.45, 7) is 12.0. The lowest BCUT2D eigenvalue weighted by atomic mass is 9.56. The third kappa shape index (κ3) is 2.27. The summed E-state index contributed by atoms with van der Waals surface area (Å²) in [6, 6.07) is 0. The van der Waals surface area contributed by atoms with E-state index in [2.05, 4.69) is 34.6 Å². The van der Waals surface area contributed by atoms with Gasteiger partial charge in [0, 0.05) is 0 Å². The monoisotopic (exact) mass is 182 g/mol. The molecule has 0 aromatic rings. The molecule has 0 N–H and O–H groups in total. The standard InChI is InChI=1S/C13H26/c1-6-7-10(4)13-11(5)8-12(13)9(2)3/h9-13H,6-8H2,1-5H3. The second-order valence-electron chi connectivity index (χ2n) is 5.46. The average molecular weight is 182 g/mol. The molecule has 13 heavy (non-hydrogen) atoms. The molecule has 0 bridgehead atoms. The molecule has 0 aromatic heterocycles. The predicted molar refractivity (Wildman–Crippen MR) is 59.7 cm³/mol. The molecule has 1 fully saturated rings. The lowest BCUT2D eigenvalue weighted by molar-refractivity contribution is 0.00187. The normalized spacial score (nSPS) is 36.0.